The van der Waals surface area contributed by atoms with Gasteiger partial charge in [-0.1, -0.05) is 24.6 Å². The van der Waals surface area contributed by atoms with Crippen LogP contribution in [0, 0.1) is 11.7 Å². The minimum absolute atomic E-state index is 0.257. The van der Waals surface area contributed by atoms with Gasteiger partial charge in [-0.25, -0.2) is 4.39 Å². The van der Waals surface area contributed by atoms with E-state index in [4.69, 9.17) is 4.74 Å². The Labute approximate surface area is 118 Å². The van der Waals surface area contributed by atoms with Crippen molar-refractivity contribution in [1.29, 1.82) is 0 Å². The zero-order valence-electron chi connectivity index (χ0n) is 11.6. The first-order valence-electron chi connectivity index (χ1n) is 7.24. The van der Waals surface area contributed by atoms with Crippen LogP contribution in [0.1, 0.15) is 37.7 Å². The highest BCUT2D eigenvalue weighted by Crippen LogP contribution is 2.22. The van der Waals surface area contributed by atoms with Gasteiger partial charge < -0.3 is 9.84 Å². The van der Waals surface area contributed by atoms with Gasteiger partial charge in [0.15, 0.2) is 0 Å². The van der Waals surface area contributed by atoms with E-state index >= 15 is 0 Å². The van der Waals surface area contributed by atoms with E-state index in [-0.39, 0.29) is 18.3 Å². The molecule has 1 aromatic rings. The molecule has 0 radical (unpaired) electrons. The van der Waals surface area contributed by atoms with Crippen molar-refractivity contribution in [2.45, 2.75) is 44.6 Å². The number of ether oxygens (including phenoxy) is 1. The average Bonchev–Trinajstić information content (AvgIpc) is 2.93. The highest BCUT2D eigenvalue weighted by molar-refractivity contribution is 5.70. The van der Waals surface area contributed by atoms with Crippen molar-refractivity contribution in [1.82, 2.24) is 0 Å². The number of rotatable bonds is 7. The van der Waals surface area contributed by atoms with Crippen molar-refractivity contribution in [3.8, 4) is 0 Å². The predicted octanol–water partition coefficient (Wildman–Crippen LogP) is 3.42. The van der Waals surface area contributed by atoms with E-state index in [2.05, 4.69) is 0 Å². The zero-order chi connectivity index (χ0) is 14.4. The molecule has 0 aliphatic carbocycles. The molecule has 4 heteroatoms. The van der Waals surface area contributed by atoms with Crippen molar-refractivity contribution >= 4 is 5.97 Å². The van der Waals surface area contributed by atoms with Gasteiger partial charge in [0.2, 0.25) is 0 Å². The van der Waals surface area contributed by atoms with Crippen molar-refractivity contribution in [3.63, 3.8) is 0 Å². The molecule has 1 aliphatic rings. The fraction of sp³-hybridized carbons (Fsp3) is 0.562. The van der Waals surface area contributed by atoms with Gasteiger partial charge in [0.1, 0.15) is 5.82 Å². The Bertz CT molecular complexity index is 441. The number of carboxylic acid groups (broad SMARTS) is 1. The Morgan fingerprint density at radius 2 is 2.25 bits per heavy atom. The Balaban J connectivity index is 1.84. The monoisotopic (exact) mass is 280 g/mol. The highest BCUT2D eigenvalue weighted by Gasteiger charge is 2.21. The zero-order valence-corrected chi connectivity index (χ0v) is 11.6. The second-order valence-electron chi connectivity index (χ2n) is 5.40. The molecule has 110 valence electrons. The number of benzene rings is 1. The van der Waals surface area contributed by atoms with Crippen molar-refractivity contribution in [2.75, 3.05) is 6.61 Å². The number of aliphatic carboxylic acids is 1. The largest absolute Gasteiger partial charge is 0.481 e. The highest BCUT2D eigenvalue weighted by atomic mass is 19.1. The van der Waals surface area contributed by atoms with Crippen LogP contribution < -0.4 is 0 Å². The van der Waals surface area contributed by atoms with Gasteiger partial charge in [-0.15, -0.1) is 0 Å². The smallest absolute Gasteiger partial charge is 0.306 e. The van der Waals surface area contributed by atoms with Gasteiger partial charge in [-0.3, -0.25) is 4.79 Å². The second kappa shape index (κ2) is 7.39. The molecule has 0 saturated carbocycles. The fourth-order valence-electron chi connectivity index (χ4n) is 2.71. The Morgan fingerprint density at radius 3 is 2.90 bits per heavy atom. The standard InChI is InChI=1S/C16H21FO3/c17-15-9-2-1-5-12(15)11-13(16(18)19)6-3-7-14-8-4-10-20-14/h1-2,5,9,13-14H,3-4,6-8,10-11H2,(H,18,19). The van der Waals surface area contributed by atoms with E-state index < -0.39 is 11.9 Å². The van der Waals surface area contributed by atoms with Gasteiger partial charge in [0, 0.05) is 6.61 Å². The summed E-state index contributed by atoms with van der Waals surface area (Å²) in [5.74, 6) is -1.69. The molecule has 0 bridgehead atoms. The van der Waals surface area contributed by atoms with E-state index in [9.17, 15) is 14.3 Å². The lowest BCUT2D eigenvalue weighted by atomic mass is 9.93. The average molecular weight is 280 g/mol. The van der Waals surface area contributed by atoms with E-state index in [1.54, 1.807) is 18.2 Å². The maximum atomic E-state index is 13.6. The van der Waals surface area contributed by atoms with Crippen LogP contribution >= 0.6 is 0 Å². The van der Waals surface area contributed by atoms with Crippen LogP contribution in [0.2, 0.25) is 0 Å². The number of halogens is 1. The lowest BCUT2D eigenvalue weighted by Gasteiger charge is -2.14. The van der Waals surface area contributed by atoms with Crippen LogP contribution in [0.15, 0.2) is 24.3 Å². The van der Waals surface area contributed by atoms with Crippen LogP contribution in [0.25, 0.3) is 0 Å². The van der Waals surface area contributed by atoms with Crippen molar-refractivity contribution < 1.29 is 19.0 Å². The molecule has 1 aromatic carbocycles. The molecule has 1 fully saturated rings. The number of hydrogen-bond acceptors (Lipinski definition) is 2. The topological polar surface area (TPSA) is 46.5 Å². The molecular formula is C16H21FO3. The van der Waals surface area contributed by atoms with Gasteiger partial charge in [-0.2, -0.15) is 0 Å². The molecular weight excluding hydrogens is 259 g/mol. The van der Waals surface area contributed by atoms with Crippen LogP contribution in [-0.2, 0) is 16.0 Å². The third-order valence-electron chi connectivity index (χ3n) is 3.88. The molecule has 1 heterocycles. The summed E-state index contributed by atoms with van der Waals surface area (Å²) in [6.07, 6.45) is 5.01. The predicted molar refractivity (Wildman–Crippen MR) is 74.1 cm³/mol. The maximum absolute atomic E-state index is 13.6. The first kappa shape index (κ1) is 15.0. The summed E-state index contributed by atoms with van der Waals surface area (Å²) in [6.45, 7) is 0.822. The summed E-state index contributed by atoms with van der Waals surface area (Å²) >= 11 is 0. The molecule has 20 heavy (non-hydrogen) atoms. The van der Waals surface area contributed by atoms with Crippen molar-refractivity contribution in [2.24, 2.45) is 5.92 Å². The minimum Gasteiger partial charge on any atom is -0.481 e. The van der Waals surface area contributed by atoms with E-state index in [1.807, 2.05) is 0 Å². The lowest BCUT2D eigenvalue weighted by Crippen LogP contribution is -2.18. The SMILES string of the molecule is O=C(O)C(CCCC1CCCO1)Cc1ccccc1F. The van der Waals surface area contributed by atoms with E-state index in [0.29, 0.717) is 12.0 Å². The molecule has 0 aromatic heterocycles. The summed E-state index contributed by atoms with van der Waals surface area (Å²) in [7, 11) is 0. The summed E-state index contributed by atoms with van der Waals surface area (Å²) in [5.41, 5.74) is 0.483. The Kier molecular flexibility index (Phi) is 5.53. The third kappa shape index (κ3) is 4.30. The molecule has 1 N–H and O–H groups in total. The lowest BCUT2D eigenvalue weighted by molar-refractivity contribution is -0.142. The van der Waals surface area contributed by atoms with Gasteiger partial charge in [0.05, 0.1) is 12.0 Å². The quantitative estimate of drug-likeness (QED) is 0.832. The molecule has 3 nitrogen and oxygen atoms in total. The van der Waals surface area contributed by atoms with Gasteiger partial charge in [0.25, 0.3) is 0 Å². The number of hydrogen-bond donors (Lipinski definition) is 1. The first-order chi connectivity index (χ1) is 9.66. The molecule has 0 spiro atoms. The normalized spacial score (nSPS) is 19.9. The molecule has 2 unspecified atom stereocenters. The first-order valence-corrected chi connectivity index (χ1v) is 7.24. The minimum atomic E-state index is -0.847. The molecule has 2 atom stereocenters. The van der Waals surface area contributed by atoms with E-state index in [1.165, 1.54) is 6.07 Å². The summed E-state index contributed by atoms with van der Waals surface area (Å²) in [4.78, 5) is 11.3. The molecule has 1 saturated heterocycles. The third-order valence-corrected chi connectivity index (χ3v) is 3.88. The van der Waals surface area contributed by atoms with Crippen LogP contribution in [-0.4, -0.2) is 23.8 Å². The maximum Gasteiger partial charge on any atom is 0.306 e. The van der Waals surface area contributed by atoms with Crippen LogP contribution in [0.3, 0.4) is 0 Å². The van der Waals surface area contributed by atoms with Crippen LogP contribution in [0.4, 0.5) is 4.39 Å². The van der Waals surface area contributed by atoms with E-state index in [0.717, 1.165) is 32.3 Å². The van der Waals surface area contributed by atoms with Gasteiger partial charge in [-0.05, 0) is 43.7 Å². The Hall–Kier alpha value is -1.42. The summed E-state index contributed by atoms with van der Waals surface area (Å²) in [6, 6.07) is 6.39. The molecule has 2 rings (SSSR count). The van der Waals surface area contributed by atoms with Gasteiger partial charge >= 0.3 is 5.97 Å². The second-order valence-corrected chi connectivity index (χ2v) is 5.40. The van der Waals surface area contributed by atoms with Crippen molar-refractivity contribution in [3.05, 3.63) is 35.6 Å². The fourth-order valence-corrected chi connectivity index (χ4v) is 2.71. The van der Waals surface area contributed by atoms with Crippen LogP contribution in [0.5, 0.6) is 0 Å². The Morgan fingerprint density at radius 1 is 1.45 bits per heavy atom. The summed E-state index contributed by atoms with van der Waals surface area (Å²) in [5, 5.41) is 9.26. The number of carboxylic acids is 1. The molecule has 0 amide bonds. The molecule has 1 aliphatic heterocycles. The number of carbonyl (C=O) groups is 1. The summed E-state index contributed by atoms with van der Waals surface area (Å²) < 4.78 is 19.1.